The van der Waals surface area contributed by atoms with E-state index < -0.39 is 0 Å². The molecule has 0 fully saturated rings. The van der Waals surface area contributed by atoms with E-state index in [-0.39, 0.29) is 0 Å². The third kappa shape index (κ3) is 5.11. The molecule has 0 atom stereocenters. The van der Waals surface area contributed by atoms with Gasteiger partial charge in [0.2, 0.25) is 0 Å². The first kappa shape index (κ1) is 8.97. The first-order chi connectivity index (χ1) is 4.66. The summed E-state index contributed by atoms with van der Waals surface area (Å²) in [5.74, 6) is 0.562. The van der Waals surface area contributed by atoms with Crippen molar-refractivity contribution < 1.29 is 0 Å². The highest BCUT2D eigenvalue weighted by atomic mass is 14.2. The zero-order valence-electron chi connectivity index (χ0n) is 6.59. The Kier molecular flexibility index (Phi) is 4.32. The average Bonchev–Trinajstić information content (AvgIpc) is 1.87. The molecule has 0 saturated carbocycles. The molecule has 0 amide bonds. The first-order valence-electron chi connectivity index (χ1n) is 3.41. The van der Waals surface area contributed by atoms with Crippen LogP contribution in [0, 0.1) is 17.2 Å². The molecule has 0 saturated heterocycles. The summed E-state index contributed by atoms with van der Waals surface area (Å²) in [6, 6.07) is 1.99. The molecule has 0 aliphatic carbocycles. The molecule has 0 aromatic rings. The monoisotopic (exact) mass is 135 g/mol. The van der Waals surface area contributed by atoms with Crippen molar-refractivity contribution in [3.8, 4) is 6.07 Å². The topological polar surface area (TPSA) is 23.8 Å². The van der Waals surface area contributed by atoms with E-state index in [1.54, 1.807) is 0 Å². The summed E-state index contributed by atoms with van der Waals surface area (Å²) in [6.45, 7) is 7.76. The number of nitriles is 1. The van der Waals surface area contributed by atoms with E-state index in [2.05, 4.69) is 26.5 Å². The second kappa shape index (κ2) is 4.81. The Balaban J connectivity index is 3.56. The summed E-state index contributed by atoms with van der Waals surface area (Å²) in [5, 5.41) is 8.32. The third-order valence-electron chi connectivity index (χ3n) is 1.04. The maximum atomic E-state index is 8.32. The van der Waals surface area contributed by atoms with Crippen LogP contribution in [0.4, 0.5) is 0 Å². The van der Waals surface area contributed by atoms with Gasteiger partial charge in [-0.15, -0.1) is 0 Å². The number of rotatable bonds is 3. The largest absolute Gasteiger partial charge is 0.193 e. The van der Waals surface area contributed by atoms with Crippen LogP contribution in [0.5, 0.6) is 0 Å². The lowest BCUT2D eigenvalue weighted by molar-refractivity contribution is 0.827. The van der Waals surface area contributed by atoms with Crippen molar-refractivity contribution in [3.05, 3.63) is 24.3 Å². The maximum Gasteiger partial charge on any atom is 0.0944 e. The Bertz CT molecular complexity index is 170. The molecular formula is C9H13N. The molecule has 0 aliphatic heterocycles. The van der Waals surface area contributed by atoms with E-state index in [4.69, 9.17) is 5.26 Å². The molecule has 0 rings (SSSR count). The maximum absolute atomic E-state index is 8.32. The molecule has 0 radical (unpaired) electrons. The molecule has 54 valence electrons. The lowest BCUT2D eigenvalue weighted by atomic mass is 10.1. The molecule has 0 aromatic heterocycles. The number of hydrogen-bond donors (Lipinski definition) is 0. The second-order valence-corrected chi connectivity index (χ2v) is 2.59. The molecule has 0 aliphatic rings. The summed E-state index contributed by atoms with van der Waals surface area (Å²) in [5.41, 5.74) is 0.622. The lowest BCUT2D eigenvalue weighted by Gasteiger charge is -1.91. The lowest BCUT2D eigenvalue weighted by Crippen LogP contribution is -1.77. The zero-order chi connectivity index (χ0) is 7.98. The van der Waals surface area contributed by atoms with Crippen molar-refractivity contribution in [1.29, 1.82) is 5.26 Å². The summed E-state index contributed by atoms with van der Waals surface area (Å²) < 4.78 is 0. The van der Waals surface area contributed by atoms with E-state index in [9.17, 15) is 0 Å². The van der Waals surface area contributed by atoms with E-state index in [0.29, 0.717) is 17.9 Å². The van der Waals surface area contributed by atoms with E-state index in [1.165, 1.54) is 0 Å². The van der Waals surface area contributed by atoms with Gasteiger partial charge in [0.05, 0.1) is 6.07 Å². The fraction of sp³-hybridized carbons (Fsp3) is 0.444. The Morgan fingerprint density at radius 1 is 1.70 bits per heavy atom. The van der Waals surface area contributed by atoms with Crippen LogP contribution in [0.1, 0.15) is 20.3 Å². The Morgan fingerprint density at radius 3 is 2.70 bits per heavy atom. The Hall–Kier alpha value is -1.03. The smallest absolute Gasteiger partial charge is 0.0944 e. The van der Waals surface area contributed by atoms with Gasteiger partial charge in [-0.3, -0.25) is 0 Å². The predicted octanol–water partition coefficient (Wildman–Crippen LogP) is 2.67. The SMILES string of the molecule is C=C(C#N)C/C=C\C(C)C. The van der Waals surface area contributed by atoms with Crippen LogP contribution >= 0.6 is 0 Å². The molecule has 0 heterocycles. The highest BCUT2D eigenvalue weighted by Crippen LogP contribution is 2.00. The number of allylic oxidation sites excluding steroid dienone is 3. The number of hydrogen-bond acceptors (Lipinski definition) is 1. The van der Waals surface area contributed by atoms with E-state index >= 15 is 0 Å². The summed E-state index contributed by atoms with van der Waals surface area (Å²) in [7, 11) is 0. The fourth-order valence-corrected chi connectivity index (χ4v) is 0.528. The van der Waals surface area contributed by atoms with Crippen LogP contribution in [-0.2, 0) is 0 Å². The van der Waals surface area contributed by atoms with Crippen LogP contribution < -0.4 is 0 Å². The van der Waals surface area contributed by atoms with Crippen LogP contribution in [0.3, 0.4) is 0 Å². The molecule has 0 spiro atoms. The summed E-state index contributed by atoms with van der Waals surface area (Å²) in [6.07, 6.45) is 4.74. The third-order valence-corrected chi connectivity index (χ3v) is 1.04. The summed E-state index contributed by atoms with van der Waals surface area (Å²) >= 11 is 0. The fourth-order valence-electron chi connectivity index (χ4n) is 0.528. The standard InChI is InChI=1S/C9H13N/c1-8(2)5-4-6-9(3)7-10/h4-5,8H,3,6H2,1-2H3/b5-4-. The van der Waals surface area contributed by atoms with Gasteiger partial charge in [-0.05, 0) is 12.3 Å². The quantitative estimate of drug-likeness (QED) is 0.431. The van der Waals surface area contributed by atoms with Crippen molar-refractivity contribution in [2.24, 2.45) is 5.92 Å². The molecule has 10 heavy (non-hydrogen) atoms. The van der Waals surface area contributed by atoms with E-state index in [1.807, 2.05) is 12.1 Å². The predicted molar refractivity (Wildman–Crippen MR) is 43.3 cm³/mol. The first-order valence-corrected chi connectivity index (χ1v) is 3.41. The van der Waals surface area contributed by atoms with Gasteiger partial charge in [0.1, 0.15) is 0 Å². The van der Waals surface area contributed by atoms with Crippen LogP contribution in [-0.4, -0.2) is 0 Å². The van der Waals surface area contributed by atoms with E-state index in [0.717, 1.165) is 0 Å². The highest BCUT2D eigenvalue weighted by molar-refractivity contribution is 5.18. The van der Waals surface area contributed by atoms with Gasteiger partial charge in [-0.1, -0.05) is 32.6 Å². The van der Waals surface area contributed by atoms with Crippen molar-refractivity contribution in [2.75, 3.05) is 0 Å². The van der Waals surface area contributed by atoms with Gasteiger partial charge in [-0.25, -0.2) is 0 Å². The molecule has 1 heteroatoms. The average molecular weight is 135 g/mol. The molecular weight excluding hydrogens is 122 g/mol. The van der Waals surface area contributed by atoms with Crippen LogP contribution in [0.15, 0.2) is 24.3 Å². The Labute approximate surface area is 62.7 Å². The van der Waals surface area contributed by atoms with Gasteiger partial charge in [-0.2, -0.15) is 5.26 Å². The van der Waals surface area contributed by atoms with Gasteiger partial charge in [0, 0.05) is 5.57 Å². The van der Waals surface area contributed by atoms with Crippen LogP contribution in [0.2, 0.25) is 0 Å². The van der Waals surface area contributed by atoms with Crippen molar-refractivity contribution in [1.82, 2.24) is 0 Å². The van der Waals surface area contributed by atoms with Gasteiger partial charge < -0.3 is 0 Å². The minimum absolute atomic E-state index is 0.562. The number of nitrogens with zero attached hydrogens (tertiary/aromatic N) is 1. The van der Waals surface area contributed by atoms with Crippen molar-refractivity contribution >= 4 is 0 Å². The minimum atomic E-state index is 0.562. The van der Waals surface area contributed by atoms with Gasteiger partial charge >= 0.3 is 0 Å². The molecule has 0 bridgehead atoms. The van der Waals surface area contributed by atoms with Crippen LogP contribution in [0.25, 0.3) is 0 Å². The van der Waals surface area contributed by atoms with Gasteiger partial charge in [0.25, 0.3) is 0 Å². The molecule has 1 nitrogen and oxygen atoms in total. The van der Waals surface area contributed by atoms with Crippen molar-refractivity contribution in [2.45, 2.75) is 20.3 Å². The van der Waals surface area contributed by atoms with Gasteiger partial charge in [0.15, 0.2) is 0 Å². The van der Waals surface area contributed by atoms with Crippen molar-refractivity contribution in [3.63, 3.8) is 0 Å². The second-order valence-electron chi connectivity index (χ2n) is 2.59. The molecule has 0 N–H and O–H groups in total. The normalized spacial score (nSPS) is 10.2. The summed E-state index contributed by atoms with van der Waals surface area (Å²) in [4.78, 5) is 0. The minimum Gasteiger partial charge on any atom is -0.193 e. The highest BCUT2D eigenvalue weighted by Gasteiger charge is 1.86. The zero-order valence-corrected chi connectivity index (χ0v) is 6.59. The molecule has 0 aromatic carbocycles. The Morgan fingerprint density at radius 2 is 2.30 bits per heavy atom. The molecule has 0 unspecified atom stereocenters.